The van der Waals surface area contributed by atoms with E-state index in [4.69, 9.17) is 5.26 Å². The molecule has 4 nitrogen and oxygen atoms in total. The minimum absolute atomic E-state index is 0.0711. The molecule has 2 aromatic rings. The number of rotatable bonds is 2. The van der Waals surface area contributed by atoms with Gasteiger partial charge in [-0.05, 0) is 30.3 Å². The lowest BCUT2D eigenvalue weighted by Gasteiger charge is -2.08. The van der Waals surface area contributed by atoms with Crippen molar-refractivity contribution in [2.45, 2.75) is 0 Å². The number of nitrogens with one attached hydrogen (secondary N) is 1. The van der Waals surface area contributed by atoms with Gasteiger partial charge in [0.2, 0.25) is 0 Å². The second-order valence-electron chi connectivity index (χ2n) is 3.92. The number of hydrogen-bond acceptors (Lipinski definition) is 3. The molecule has 6 heteroatoms. The van der Waals surface area contributed by atoms with Crippen LogP contribution in [0.4, 0.5) is 10.1 Å². The van der Waals surface area contributed by atoms with Crippen LogP contribution >= 0.6 is 15.9 Å². The smallest absolute Gasteiger partial charge is 0.259 e. The Labute approximate surface area is 122 Å². The van der Waals surface area contributed by atoms with Gasteiger partial charge in [-0.2, -0.15) is 5.26 Å². The van der Waals surface area contributed by atoms with E-state index in [1.54, 1.807) is 18.2 Å². The molecule has 0 bridgehead atoms. The lowest BCUT2D eigenvalue weighted by Crippen LogP contribution is -2.13. The van der Waals surface area contributed by atoms with Crippen LogP contribution in [0.5, 0.6) is 5.75 Å². The number of carbonyl (C=O) groups is 1. The van der Waals surface area contributed by atoms with Crippen molar-refractivity contribution in [1.29, 1.82) is 5.26 Å². The molecule has 1 amide bonds. The summed E-state index contributed by atoms with van der Waals surface area (Å²) in [4.78, 5) is 12.0. The Kier molecular flexibility index (Phi) is 4.01. The monoisotopic (exact) mass is 334 g/mol. The Hall–Kier alpha value is -2.39. The normalized spacial score (nSPS) is 9.85. The lowest BCUT2D eigenvalue weighted by molar-refractivity contribution is 0.102. The molecule has 2 aromatic carbocycles. The summed E-state index contributed by atoms with van der Waals surface area (Å²) in [6.45, 7) is 0. The fraction of sp³-hybridized carbons (Fsp3) is 0. The first kappa shape index (κ1) is 14.0. The van der Waals surface area contributed by atoms with Crippen molar-refractivity contribution in [3.63, 3.8) is 0 Å². The summed E-state index contributed by atoms with van der Waals surface area (Å²) in [5.74, 6) is -1.72. The molecule has 0 fully saturated rings. The van der Waals surface area contributed by atoms with Gasteiger partial charge in [0.25, 0.3) is 5.91 Å². The summed E-state index contributed by atoms with van der Waals surface area (Å²) in [7, 11) is 0. The van der Waals surface area contributed by atoms with Crippen LogP contribution in [-0.4, -0.2) is 11.0 Å². The number of amides is 1. The van der Waals surface area contributed by atoms with E-state index in [0.29, 0.717) is 10.2 Å². The molecule has 0 aliphatic heterocycles. The highest BCUT2D eigenvalue weighted by molar-refractivity contribution is 9.10. The highest BCUT2D eigenvalue weighted by Crippen LogP contribution is 2.23. The molecular formula is C14H8BrFN2O2. The predicted octanol–water partition coefficient (Wildman–Crippen LogP) is 3.42. The standard InChI is InChI=1S/C14H8BrFN2O2/c15-9-1-4-12(8(5-9)7-17)18-14(20)11-3-2-10(16)6-13(11)19/h1-6,19H,(H,18,20). The maximum absolute atomic E-state index is 12.9. The third-order valence-electron chi connectivity index (χ3n) is 2.55. The van der Waals surface area contributed by atoms with E-state index in [1.165, 1.54) is 6.07 Å². The van der Waals surface area contributed by atoms with Crippen molar-refractivity contribution in [3.05, 3.63) is 57.8 Å². The Balaban J connectivity index is 2.31. The average Bonchev–Trinajstić information content (AvgIpc) is 2.40. The summed E-state index contributed by atoms with van der Waals surface area (Å²) in [5, 5.41) is 21.0. The summed E-state index contributed by atoms with van der Waals surface area (Å²) < 4.78 is 13.6. The van der Waals surface area contributed by atoms with Gasteiger partial charge in [0.15, 0.2) is 0 Å². The third-order valence-corrected chi connectivity index (χ3v) is 3.05. The molecule has 0 heterocycles. The maximum atomic E-state index is 12.9. The number of phenols is 1. The van der Waals surface area contributed by atoms with Gasteiger partial charge in [-0.15, -0.1) is 0 Å². The van der Waals surface area contributed by atoms with E-state index in [1.807, 2.05) is 6.07 Å². The zero-order chi connectivity index (χ0) is 14.7. The van der Waals surface area contributed by atoms with Gasteiger partial charge in [-0.25, -0.2) is 4.39 Å². The van der Waals surface area contributed by atoms with Crippen molar-refractivity contribution >= 4 is 27.5 Å². The topological polar surface area (TPSA) is 73.1 Å². The summed E-state index contributed by atoms with van der Waals surface area (Å²) in [6, 6.07) is 9.82. The van der Waals surface area contributed by atoms with Crippen LogP contribution in [0.15, 0.2) is 40.9 Å². The fourth-order valence-electron chi connectivity index (χ4n) is 1.60. The largest absolute Gasteiger partial charge is 0.507 e. The van der Waals surface area contributed by atoms with Crippen LogP contribution in [0, 0.1) is 17.1 Å². The molecule has 0 saturated heterocycles. The number of benzene rings is 2. The van der Waals surface area contributed by atoms with E-state index < -0.39 is 17.5 Å². The number of nitriles is 1. The van der Waals surface area contributed by atoms with Gasteiger partial charge in [0, 0.05) is 10.5 Å². The number of aromatic hydroxyl groups is 1. The van der Waals surface area contributed by atoms with E-state index in [2.05, 4.69) is 21.2 Å². The Bertz CT molecular complexity index is 726. The van der Waals surface area contributed by atoms with Crippen LogP contribution in [0.1, 0.15) is 15.9 Å². The zero-order valence-electron chi connectivity index (χ0n) is 10.0. The minimum Gasteiger partial charge on any atom is -0.507 e. The van der Waals surface area contributed by atoms with Crippen LogP contribution in [0.25, 0.3) is 0 Å². The highest BCUT2D eigenvalue weighted by Gasteiger charge is 2.14. The average molecular weight is 335 g/mol. The zero-order valence-corrected chi connectivity index (χ0v) is 11.6. The van der Waals surface area contributed by atoms with Gasteiger partial charge in [0.05, 0.1) is 16.8 Å². The molecule has 0 saturated carbocycles. The second-order valence-corrected chi connectivity index (χ2v) is 4.83. The Morgan fingerprint density at radius 2 is 2.05 bits per heavy atom. The second kappa shape index (κ2) is 5.72. The van der Waals surface area contributed by atoms with Crippen LogP contribution in [-0.2, 0) is 0 Å². The summed E-state index contributed by atoms with van der Waals surface area (Å²) in [6.07, 6.45) is 0. The van der Waals surface area contributed by atoms with Crippen molar-refractivity contribution < 1.29 is 14.3 Å². The molecular weight excluding hydrogens is 327 g/mol. The minimum atomic E-state index is -0.639. The molecule has 0 aliphatic rings. The first-order valence-corrected chi connectivity index (χ1v) is 6.30. The van der Waals surface area contributed by atoms with Gasteiger partial charge < -0.3 is 10.4 Å². The quantitative estimate of drug-likeness (QED) is 0.883. The molecule has 0 atom stereocenters. The van der Waals surface area contributed by atoms with Crippen molar-refractivity contribution in [2.75, 3.05) is 5.32 Å². The first-order chi connectivity index (χ1) is 9.51. The third kappa shape index (κ3) is 2.95. The molecule has 0 spiro atoms. The molecule has 0 radical (unpaired) electrons. The van der Waals surface area contributed by atoms with Gasteiger partial charge in [0.1, 0.15) is 17.6 Å². The maximum Gasteiger partial charge on any atom is 0.259 e. The van der Waals surface area contributed by atoms with Gasteiger partial charge in [-0.1, -0.05) is 15.9 Å². The van der Waals surface area contributed by atoms with E-state index in [9.17, 15) is 14.3 Å². The number of phenolic OH excluding ortho intramolecular Hbond substituents is 1. The van der Waals surface area contributed by atoms with Crippen molar-refractivity contribution in [1.82, 2.24) is 0 Å². The molecule has 2 N–H and O–H groups in total. The molecule has 100 valence electrons. The SMILES string of the molecule is N#Cc1cc(Br)ccc1NC(=O)c1ccc(F)cc1O. The lowest BCUT2D eigenvalue weighted by atomic mass is 10.1. The van der Waals surface area contributed by atoms with Crippen LogP contribution in [0.3, 0.4) is 0 Å². The Morgan fingerprint density at radius 3 is 2.70 bits per heavy atom. The molecule has 2 rings (SSSR count). The Morgan fingerprint density at radius 1 is 1.30 bits per heavy atom. The molecule has 0 aromatic heterocycles. The highest BCUT2D eigenvalue weighted by atomic mass is 79.9. The summed E-state index contributed by atoms with van der Waals surface area (Å²) >= 11 is 3.22. The fourth-order valence-corrected chi connectivity index (χ4v) is 1.97. The van der Waals surface area contributed by atoms with Crippen molar-refractivity contribution in [2.24, 2.45) is 0 Å². The van der Waals surface area contributed by atoms with E-state index >= 15 is 0 Å². The van der Waals surface area contributed by atoms with Crippen LogP contribution in [0.2, 0.25) is 0 Å². The number of anilines is 1. The van der Waals surface area contributed by atoms with E-state index in [0.717, 1.165) is 12.1 Å². The van der Waals surface area contributed by atoms with Gasteiger partial charge in [-0.3, -0.25) is 4.79 Å². The molecule has 20 heavy (non-hydrogen) atoms. The van der Waals surface area contributed by atoms with Crippen LogP contribution < -0.4 is 5.32 Å². The summed E-state index contributed by atoms with van der Waals surface area (Å²) in [5.41, 5.74) is 0.511. The number of hydrogen-bond donors (Lipinski definition) is 2. The van der Waals surface area contributed by atoms with E-state index in [-0.39, 0.29) is 11.1 Å². The number of nitrogens with zero attached hydrogens (tertiary/aromatic N) is 1. The molecule has 0 aliphatic carbocycles. The first-order valence-electron chi connectivity index (χ1n) is 5.51. The number of carbonyl (C=O) groups excluding carboxylic acids is 1. The molecule has 0 unspecified atom stereocenters. The van der Waals surface area contributed by atoms with Crippen molar-refractivity contribution in [3.8, 4) is 11.8 Å². The van der Waals surface area contributed by atoms with Gasteiger partial charge >= 0.3 is 0 Å². The predicted molar refractivity (Wildman–Crippen MR) is 74.9 cm³/mol. The number of halogens is 2.